The van der Waals surface area contributed by atoms with Crippen molar-refractivity contribution in [3.63, 3.8) is 0 Å². The molecule has 0 unspecified atom stereocenters. The second kappa shape index (κ2) is 6.27. The van der Waals surface area contributed by atoms with Gasteiger partial charge in [0.25, 0.3) is 0 Å². The Balaban J connectivity index is 1.63. The van der Waals surface area contributed by atoms with E-state index in [-0.39, 0.29) is 5.97 Å². The van der Waals surface area contributed by atoms with Gasteiger partial charge in [0, 0.05) is 11.3 Å². The Morgan fingerprint density at radius 1 is 1.29 bits per heavy atom. The van der Waals surface area contributed by atoms with Crippen LogP contribution in [0, 0.1) is 0 Å². The summed E-state index contributed by atoms with van der Waals surface area (Å²) in [4.78, 5) is 13.2. The fourth-order valence-corrected chi connectivity index (χ4v) is 2.53. The number of hydrogen-bond acceptors (Lipinski definition) is 6. The van der Waals surface area contributed by atoms with Crippen LogP contribution in [-0.4, -0.2) is 32.8 Å². The highest BCUT2D eigenvalue weighted by Gasteiger charge is 2.09. The minimum atomic E-state index is -0.346. The molecule has 0 atom stereocenters. The van der Waals surface area contributed by atoms with Gasteiger partial charge in [0.05, 0.1) is 17.9 Å². The molecule has 2 heterocycles. The van der Waals surface area contributed by atoms with E-state index >= 15 is 0 Å². The number of aromatic nitrogens is 4. The SMILES string of the molecule is O=C(OCCc1cccs1)c1cccc(-n2cnnn2)c1. The van der Waals surface area contributed by atoms with Crippen LogP contribution in [0.2, 0.25) is 0 Å². The fraction of sp³-hybridized carbons (Fsp3) is 0.143. The quantitative estimate of drug-likeness (QED) is 0.675. The molecule has 2 aromatic heterocycles. The van der Waals surface area contributed by atoms with Crippen molar-refractivity contribution in [1.29, 1.82) is 0 Å². The molecule has 1 aromatic carbocycles. The zero-order valence-electron chi connectivity index (χ0n) is 11.0. The zero-order valence-corrected chi connectivity index (χ0v) is 11.9. The van der Waals surface area contributed by atoms with Gasteiger partial charge >= 0.3 is 5.97 Å². The smallest absolute Gasteiger partial charge is 0.338 e. The van der Waals surface area contributed by atoms with Crippen LogP contribution in [0.4, 0.5) is 0 Å². The third kappa shape index (κ3) is 3.32. The number of ether oxygens (including phenoxy) is 1. The van der Waals surface area contributed by atoms with E-state index in [0.29, 0.717) is 17.9 Å². The number of carbonyl (C=O) groups is 1. The first-order valence-electron chi connectivity index (χ1n) is 6.36. The first-order valence-corrected chi connectivity index (χ1v) is 7.24. The highest BCUT2D eigenvalue weighted by Crippen LogP contribution is 2.12. The second-order valence-corrected chi connectivity index (χ2v) is 5.30. The predicted molar refractivity (Wildman–Crippen MR) is 77.5 cm³/mol. The highest BCUT2D eigenvalue weighted by molar-refractivity contribution is 7.09. The van der Waals surface area contributed by atoms with E-state index in [1.807, 2.05) is 23.6 Å². The molecule has 0 radical (unpaired) electrons. The van der Waals surface area contributed by atoms with Crippen LogP contribution in [0.25, 0.3) is 5.69 Å². The largest absolute Gasteiger partial charge is 0.462 e. The first-order chi connectivity index (χ1) is 10.3. The van der Waals surface area contributed by atoms with Crippen molar-refractivity contribution in [3.05, 3.63) is 58.5 Å². The Morgan fingerprint density at radius 2 is 2.24 bits per heavy atom. The fourth-order valence-electron chi connectivity index (χ4n) is 1.84. The van der Waals surface area contributed by atoms with Gasteiger partial charge in [-0.1, -0.05) is 12.1 Å². The zero-order chi connectivity index (χ0) is 14.5. The van der Waals surface area contributed by atoms with Crippen molar-refractivity contribution < 1.29 is 9.53 Å². The maximum atomic E-state index is 12.0. The van der Waals surface area contributed by atoms with E-state index in [2.05, 4.69) is 15.5 Å². The molecule has 21 heavy (non-hydrogen) atoms. The molecule has 0 aliphatic rings. The van der Waals surface area contributed by atoms with Gasteiger partial charge in [-0.25, -0.2) is 9.48 Å². The summed E-state index contributed by atoms with van der Waals surface area (Å²) in [6, 6.07) is 11.0. The molecule has 6 nitrogen and oxygen atoms in total. The normalized spacial score (nSPS) is 10.5. The second-order valence-electron chi connectivity index (χ2n) is 4.27. The monoisotopic (exact) mass is 300 g/mol. The number of nitrogens with zero attached hydrogens (tertiary/aromatic N) is 4. The molecule has 0 aliphatic heterocycles. The van der Waals surface area contributed by atoms with Crippen LogP contribution in [0.5, 0.6) is 0 Å². The van der Waals surface area contributed by atoms with Crippen molar-refractivity contribution in [1.82, 2.24) is 20.2 Å². The lowest BCUT2D eigenvalue weighted by molar-refractivity contribution is 0.0510. The standard InChI is InChI=1S/C14H12N4O2S/c19-14(20-7-6-13-5-2-8-21-13)11-3-1-4-12(9-11)18-10-15-16-17-18/h1-5,8-10H,6-7H2. The third-order valence-corrected chi connectivity index (χ3v) is 3.79. The van der Waals surface area contributed by atoms with Crippen LogP contribution < -0.4 is 0 Å². The van der Waals surface area contributed by atoms with E-state index in [4.69, 9.17) is 4.74 Å². The van der Waals surface area contributed by atoms with E-state index in [9.17, 15) is 4.79 Å². The Morgan fingerprint density at radius 3 is 3.00 bits per heavy atom. The number of benzene rings is 1. The highest BCUT2D eigenvalue weighted by atomic mass is 32.1. The Hall–Kier alpha value is -2.54. The van der Waals surface area contributed by atoms with E-state index < -0.39 is 0 Å². The molecular formula is C14H12N4O2S. The van der Waals surface area contributed by atoms with Crippen LogP contribution in [-0.2, 0) is 11.2 Å². The summed E-state index contributed by atoms with van der Waals surface area (Å²) in [7, 11) is 0. The maximum absolute atomic E-state index is 12.0. The van der Waals surface area contributed by atoms with Crippen molar-refractivity contribution >= 4 is 17.3 Å². The number of carbonyl (C=O) groups excluding carboxylic acids is 1. The Bertz CT molecular complexity index is 710. The molecule has 0 spiro atoms. The summed E-state index contributed by atoms with van der Waals surface area (Å²) in [5, 5.41) is 12.9. The van der Waals surface area contributed by atoms with E-state index in [0.717, 1.165) is 6.42 Å². The van der Waals surface area contributed by atoms with Crippen molar-refractivity contribution in [3.8, 4) is 5.69 Å². The van der Waals surface area contributed by atoms with Gasteiger partial charge in [0.1, 0.15) is 6.33 Å². The molecule has 0 aliphatic carbocycles. The average molecular weight is 300 g/mol. The minimum Gasteiger partial charge on any atom is -0.462 e. The van der Waals surface area contributed by atoms with Gasteiger partial charge in [-0.3, -0.25) is 0 Å². The topological polar surface area (TPSA) is 69.9 Å². The summed E-state index contributed by atoms with van der Waals surface area (Å²) in [5.41, 5.74) is 1.20. The Labute approximate surface area is 125 Å². The number of tetrazole rings is 1. The van der Waals surface area contributed by atoms with Gasteiger partial charge in [0.2, 0.25) is 0 Å². The maximum Gasteiger partial charge on any atom is 0.338 e. The summed E-state index contributed by atoms with van der Waals surface area (Å²) in [6.45, 7) is 0.369. The number of hydrogen-bond donors (Lipinski definition) is 0. The van der Waals surface area contributed by atoms with Crippen molar-refractivity contribution in [2.45, 2.75) is 6.42 Å². The van der Waals surface area contributed by atoms with Gasteiger partial charge in [0.15, 0.2) is 0 Å². The lowest BCUT2D eigenvalue weighted by Crippen LogP contribution is -2.08. The van der Waals surface area contributed by atoms with E-state index in [1.165, 1.54) is 15.9 Å². The summed E-state index contributed by atoms with van der Waals surface area (Å²) < 4.78 is 6.77. The third-order valence-electron chi connectivity index (χ3n) is 2.86. The number of esters is 1. The molecule has 0 fully saturated rings. The number of rotatable bonds is 5. The van der Waals surface area contributed by atoms with Gasteiger partial charge in [-0.2, -0.15) is 0 Å². The summed E-state index contributed by atoms with van der Waals surface area (Å²) in [6.07, 6.45) is 2.21. The van der Waals surface area contributed by atoms with Crippen LogP contribution in [0.3, 0.4) is 0 Å². The average Bonchev–Trinajstić information content (AvgIpc) is 3.21. The minimum absolute atomic E-state index is 0.346. The molecule has 0 saturated heterocycles. The van der Waals surface area contributed by atoms with Crippen molar-refractivity contribution in [2.75, 3.05) is 6.61 Å². The molecule has 106 valence electrons. The Kier molecular flexibility index (Phi) is 4.02. The van der Waals surface area contributed by atoms with E-state index in [1.54, 1.807) is 29.5 Å². The predicted octanol–water partition coefficient (Wildman–Crippen LogP) is 2.12. The molecule has 0 saturated carbocycles. The summed E-state index contributed by atoms with van der Waals surface area (Å²) in [5.74, 6) is -0.346. The lowest BCUT2D eigenvalue weighted by atomic mass is 10.2. The van der Waals surface area contributed by atoms with Crippen LogP contribution in [0.1, 0.15) is 15.2 Å². The van der Waals surface area contributed by atoms with Gasteiger partial charge in [-0.15, -0.1) is 16.4 Å². The molecule has 0 N–H and O–H groups in total. The first kappa shape index (κ1) is 13.4. The summed E-state index contributed by atoms with van der Waals surface area (Å²) >= 11 is 1.65. The molecule has 7 heteroatoms. The van der Waals surface area contributed by atoms with Gasteiger partial charge in [-0.05, 0) is 40.1 Å². The number of thiophene rings is 1. The van der Waals surface area contributed by atoms with Crippen LogP contribution >= 0.6 is 11.3 Å². The van der Waals surface area contributed by atoms with Crippen LogP contribution in [0.15, 0.2) is 48.1 Å². The molecule has 3 rings (SSSR count). The lowest BCUT2D eigenvalue weighted by Gasteiger charge is -2.05. The molecule has 3 aromatic rings. The van der Waals surface area contributed by atoms with Gasteiger partial charge < -0.3 is 4.74 Å². The molecule has 0 amide bonds. The molecule has 0 bridgehead atoms. The van der Waals surface area contributed by atoms with Crippen molar-refractivity contribution in [2.24, 2.45) is 0 Å². The molecular weight excluding hydrogens is 288 g/mol.